The third-order valence-electron chi connectivity index (χ3n) is 4.22. The van der Waals surface area contributed by atoms with Crippen molar-refractivity contribution in [3.8, 4) is 0 Å². The van der Waals surface area contributed by atoms with Gasteiger partial charge in [0.05, 0.1) is 11.3 Å². The molecule has 130 valence electrons. The number of nitrogens with one attached hydrogen (secondary N) is 2. The Morgan fingerprint density at radius 3 is 2.35 bits per heavy atom. The molecule has 0 bridgehead atoms. The van der Waals surface area contributed by atoms with Crippen LogP contribution >= 0.6 is 11.6 Å². The van der Waals surface area contributed by atoms with Gasteiger partial charge in [0.15, 0.2) is 5.78 Å². The highest BCUT2D eigenvalue weighted by Gasteiger charge is 2.24. The number of rotatable bonds is 4. The molecule has 0 unspecified atom stereocenters. The van der Waals surface area contributed by atoms with Gasteiger partial charge in [-0.3, -0.25) is 4.79 Å². The minimum atomic E-state index is 0.0778. The number of anilines is 4. The van der Waals surface area contributed by atoms with Gasteiger partial charge >= 0.3 is 0 Å². The first-order chi connectivity index (χ1) is 12.7. The molecule has 0 spiro atoms. The Morgan fingerprint density at radius 1 is 0.846 bits per heavy atom. The topological polar surface area (TPSA) is 66.9 Å². The number of nitrogens with zero attached hydrogens (tertiary/aromatic N) is 2. The molecule has 0 fully saturated rings. The number of benzene rings is 2. The fourth-order valence-corrected chi connectivity index (χ4v) is 3.12. The Hall–Kier alpha value is -2.92. The Morgan fingerprint density at radius 2 is 1.58 bits per heavy atom. The number of hydrogen-bond acceptors (Lipinski definition) is 5. The smallest absolute Gasteiger partial charge is 0.229 e. The Kier molecular flexibility index (Phi) is 4.54. The van der Waals surface area contributed by atoms with Crippen LogP contribution in [0, 0.1) is 0 Å². The van der Waals surface area contributed by atoms with E-state index in [2.05, 4.69) is 20.6 Å². The number of carbonyl (C=O) groups is 1. The van der Waals surface area contributed by atoms with Crippen LogP contribution in [0.2, 0.25) is 5.02 Å². The van der Waals surface area contributed by atoms with Gasteiger partial charge in [-0.2, -0.15) is 4.98 Å². The average Bonchev–Trinajstić information content (AvgIpc) is 2.64. The number of aryl methyl sites for hydroxylation is 1. The second-order valence-electron chi connectivity index (χ2n) is 6.12. The van der Waals surface area contributed by atoms with Crippen molar-refractivity contribution in [3.63, 3.8) is 0 Å². The number of aromatic nitrogens is 2. The summed E-state index contributed by atoms with van der Waals surface area (Å²) in [5.74, 6) is 1.08. The summed E-state index contributed by atoms with van der Waals surface area (Å²) in [7, 11) is 0. The number of carbonyl (C=O) groups excluding carboxylic acids is 1. The van der Waals surface area contributed by atoms with Gasteiger partial charge < -0.3 is 10.6 Å². The van der Waals surface area contributed by atoms with Crippen LogP contribution in [0.1, 0.15) is 28.9 Å². The van der Waals surface area contributed by atoms with Gasteiger partial charge in [0.1, 0.15) is 5.82 Å². The summed E-state index contributed by atoms with van der Waals surface area (Å²) in [5, 5.41) is 7.11. The number of hydrogen-bond donors (Lipinski definition) is 2. The fourth-order valence-electron chi connectivity index (χ4n) is 2.99. The molecule has 0 aliphatic heterocycles. The van der Waals surface area contributed by atoms with E-state index in [0.717, 1.165) is 29.9 Å². The molecule has 0 saturated carbocycles. The van der Waals surface area contributed by atoms with Gasteiger partial charge in [-0.15, -0.1) is 0 Å². The van der Waals surface area contributed by atoms with Crippen molar-refractivity contribution < 1.29 is 4.79 Å². The highest BCUT2D eigenvalue weighted by atomic mass is 35.5. The lowest BCUT2D eigenvalue weighted by Gasteiger charge is -2.19. The molecule has 1 aromatic heterocycles. The Labute approximate surface area is 156 Å². The zero-order valence-corrected chi connectivity index (χ0v) is 14.8. The van der Waals surface area contributed by atoms with E-state index in [1.54, 1.807) is 12.1 Å². The number of fused-ring (bicyclic) bond motifs is 1. The molecule has 2 aromatic carbocycles. The average molecular weight is 365 g/mol. The van der Waals surface area contributed by atoms with Gasteiger partial charge in [0.25, 0.3) is 0 Å². The molecule has 0 amide bonds. The van der Waals surface area contributed by atoms with E-state index in [4.69, 9.17) is 11.6 Å². The fraction of sp³-hybridized carbons (Fsp3) is 0.150. The largest absolute Gasteiger partial charge is 0.339 e. The molecule has 0 saturated heterocycles. The summed E-state index contributed by atoms with van der Waals surface area (Å²) >= 11 is 5.95. The van der Waals surface area contributed by atoms with Crippen LogP contribution in [0.5, 0.6) is 0 Å². The molecular weight excluding hydrogens is 348 g/mol. The predicted octanol–water partition coefficient (Wildman–Crippen LogP) is 5.14. The predicted molar refractivity (Wildman–Crippen MR) is 104 cm³/mol. The summed E-state index contributed by atoms with van der Waals surface area (Å²) in [6.45, 7) is 0. The van der Waals surface area contributed by atoms with Gasteiger partial charge in [0, 0.05) is 22.8 Å². The molecule has 1 aliphatic carbocycles. The maximum atomic E-state index is 12.5. The van der Waals surface area contributed by atoms with Crippen molar-refractivity contribution in [2.24, 2.45) is 0 Å². The SMILES string of the molecule is O=C1CCCc2nc(Nc3ccccc3)nc(Nc3ccc(Cl)cc3)c21. The van der Waals surface area contributed by atoms with Crippen LogP contribution in [-0.4, -0.2) is 15.8 Å². The van der Waals surface area contributed by atoms with Gasteiger partial charge in [-0.1, -0.05) is 29.8 Å². The molecule has 3 aromatic rings. The summed E-state index contributed by atoms with van der Waals surface area (Å²) < 4.78 is 0. The highest BCUT2D eigenvalue weighted by Crippen LogP contribution is 2.30. The zero-order chi connectivity index (χ0) is 17.9. The second-order valence-corrected chi connectivity index (χ2v) is 6.55. The second kappa shape index (κ2) is 7.14. The summed E-state index contributed by atoms with van der Waals surface area (Å²) in [6, 6.07) is 17.0. The lowest BCUT2D eigenvalue weighted by molar-refractivity contribution is 0.0972. The third-order valence-corrected chi connectivity index (χ3v) is 4.47. The van der Waals surface area contributed by atoms with Gasteiger partial charge in [-0.05, 0) is 49.2 Å². The zero-order valence-electron chi connectivity index (χ0n) is 14.0. The van der Waals surface area contributed by atoms with Crippen molar-refractivity contribution in [2.75, 3.05) is 10.6 Å². The third kappa shape index (κ3) is 3.53. The maximum Gasteiger partial charge on any atom is 0.229 e. The highest BCUT2D eigenvalue weighted by molar-refractivity contribution is 6.30. The molecule has 26 heavy (non-hydrogen) atoms. The molecule has 6 heteroatoms. The van der Waals surface area contributed by atoms with Crippen molar-refractivity contribution >= 4 is 40.5 Å². The van der Waals surface area contributed by atoms with Crippen molar-refractivity contribution in [3.05, 3.63) is 70.9 Å². The van der Waals surface area contributed by atoms with Crippen LogP contribution in [0.4, 0.5) is 23.1 Å². The van der Waals surface area contributed by atoms with Crippen LogP contribution in [0.15, 0.2) is 54.6 Å². The van der Waals surface area contributed by atoms with E-state index in [-0.39, 0.29) is 5.78 Å². The molecule has 2 N–H and O–H groups in total. The molecule has 1 aliphatic rings. The molecule has 4 rings (SSSR count). The first kappa shape index (κ1) is 16.5. The lowest BCUT2D eigenvalue weighted by atomic mass is 9.95. The van der Waals surface area contributed by atoms with Crippen LogP contribution in [0.3, 0.4) is 0 Å². The minimum absolute atomic E-state index is 0.0778. The van der Waals surface area contributed by atoms with Gasteiger partial charge in [0.2, 0.25) is 5.95 Å². The van der Waals surface area contributed by atoms with E-state index in [1.807, 2.05) is 42.5 Å². The van der Waals surface area contributed by atoms with Crippen LogP contribution in [-0.2, 0) is 6.42 Å². The maximum absolute atomic E-state index is 12.5. The van der Waals surface area contributed by atoms with Crippen molar-refractivity contribution in [1.29, 1.82) is 0 Å². The quantitative estimate of drug-likeness (QED) is 0.671. The van der Waals surface area contributed by atoms with E-state index in [1.165, 1.54) is 0 Å². The van der Waals surface area contributed by atoms with Crippen molar-refractivity contribution in [2.45, 2.75) is 19.3 Å². The number of para-hydroxylation sites is 1. The standard InChI is InChI=1S/C20H17ClN4O/c21-13-9-11-15(12-10-13)22-19-18-16(7-4-8-17(18)26)24-20(25-19)23-14-5-2-1-3-6-14/h1-3,5-6,9-12H,4,7-8H2,(H2,22,23,24,25). The van der Waals surface area contributed by atoms with Crippen LogP contribution in [0.25, 0.3) is 0 Å². The normalized spacial score (nSPS) is 13.2. The van der Waals surface area contributed by atoms with Gasteiger partial charge in [-0.25, -0.2) is 4.98 Å². The first-order valence-electron chi connectivity index (χ1n) is 8.48. The summed E-state index contributed by atoms with van der Waals surface area (Å²) in [5.41, 5.74) is 3.09. The summed E-state index contributed by atoms with van der Waals surface area (Å²) in [4.78, 5) is 21.6. The molecule has 0 atom stereocenters. The first-order valence-corrected chi connectivity index (χ1v) is 8.85. The Balaban J connectivity index is 1.73. The van der Waals surface area contributed by atoms with Crippen molar-refractivity contribution in [1.82, 2.24) is 9.97 Å². The number of ketones is 1. The Bertz CT molecular complexity index is 942. The molecule has 0 radical (unpaired) electrons. The molecule has 5 nitrogen and oxygen atoms in total. The molecule has 1 heterocycles. The monoisotopic (exact) mass is 364 g/mol. The van der Waals surface area contributed by atoms with Crippen LogP contribution < -0.4 is 10.6 Å². The minimum Gasteiger partial charge on any atom is -0.339 e. The van der Waals surface area contributed by atoms with E-state index < -0.39 is 0 Å². The molecular formula is C20H17ClN4O. The van der Waals surface area contributed by atoms with E-state index >= 15 is 0 Å². The van der Waals surface area contributed by atoms with E-state index in [0.29, 0.717) is 28.8 Å². The number of Topliss-reactive ketones (excluding diaryl/α,β-unsaturated/α-hetero) is 1. The number of halogens is 1. The van der Waals surface area contributed by atoms with E-state index in [9.17, 15) is 4.79 Å². The lowest BCUT2D eigenvalue weighted by Crippen LogP contribution is -2.17. The summed E-state index contributed by atoms with van der Waals surface area (Å²) in [6.07, 6.45) is 2.10.